The van der Waals surface area contributed by atoms with Crippen LogP contribution in [0.2, 0.25) is 0 Å². The SMILES string of the molecule is CCCN(CC(=O)O)Cc1cc(C)c(O)c(C)c1. The number of hydrogen-bond donors (Lipinski definition) is 2. The summed E-state index contributed by atoms with van der Waals surface area (Å²) in [6, 6.07) is 3.82. The van der Waals surface area contributed by atoms with Crippen LogP contribution < -0.4 is 0 Å². The number of phenols is 1. The van der Waals surface area contributed by atoms with Gasteiger partial charge < -0.3 is 10.2 Å². The van der Waals surface area contributed by atoms with Crippen LogP contribution in [-0.2, 0) is 11.3 Å². The van der Waals surface area contributed by atoms with Crippen LogP contribution in [-0.4, -0.2) is 34.2 Å². The van der Waals surface area contributed by atoms with Gasteiger partial charge in [0.15, 0.2) is 0 Å². The lowest BCUT2D eigenvalue weighted by atomic mass is 10.1. The molecule has 0 aliphatic rings. The van der Waals surface area contributed by atoms with Crippen molar-refractivity contribution in [2.75, 3.05) is 13.1 Å². The summed E-state index contributed by atoms with van der Waals surface area (Å²) in [6.07, 6.45) is 0.920. The third kappa shape index (κ3) is 4.04. The van der Waals surface area contributed by atoms with Crippen molar-refractivity contribution in [3.05, 3.63) is 28.8 Å². The molecule has 0 aliphatic heterocycles. The van der Waals surface area contributed by atoms with E-state index in [0.717, 1.165) is 29.7 Å². The van der Waals surface area contributed by atoms with Crippen molar-refractivity contribution in [1.82, 2.24) is 4.90 Å². The predicted octanol–water partition coefficient (Wildman–Crippen LogP) is 2.31. The highest BCUT2D eigenvalue weighted by Gasteiger charge is 2.11. The van der Waals surface area contributed by atoms with E-state index in [1.54, 1.807) is 0 Å². The van der Waals surface area contributed by atoms with Gasteiger partial charge in [-0.05, 0) is 43.5 Å². The fourth-order valence-electron chi connectivity index (χ4n) is 2.12. The van der Waals surface area contributed by atoms with Crippen LogP contribution in [0.3, 0.4) is 0 Å². The molecule has 1 aromatic rings. The molecule has 0 amide bonds. The van der Waals surface area contributed by atoms with E-state index in [4.69, 9.17) is 5.11 Å². The van der Waals surface area contributed by atoms with Crippen molar-refractivity contribution in [3.8, 4) is 5.75 Å². The normalized spacial score (nSPS) is 10.9. The van der Waals surface area contributed by atoms with Gasteiger partial charge in [-0.3, -0.25) is 9.69 Å². The fourth-order valence-corrected chi connectivity index (χ4v) is 2.12. The minimum absolute atomic E-state index is 0.0484. The molecule has 0 spiro atoms. The molecule has 0 heterocycles. The van der Waals surface area contributed by atoms with Crippen molar-refractivity contribution in [2.24, 2.45) is 0 Å². The van der Waals surface area contributed by atoms with Crippen molar-refractivity contribution < 1.29 is 15.0 Å². The first kappa shape index (κ1) is 14.5. The Balaban J connectivity index is 2.83. The Kier molecular flexibility index (Phi) is 5.16. The molecule has 0 fully saturated rings. The number of aromatic hydroxyl groups is 1. The molecule has 0 radical (unpaired) electrons. The van der Waals surface area contributed by atoms with E-state index in [1.807, 2.05) is 37.8 Å². The molecular formula is C14H21NO3. The molecule has 0 unspecified atom stereocenters. The van der Waals surface area contributed by atoms with E-state index in [9.17, 15) is 9.90 Å². The minimum atomic E-state index is -0.810. The van der Waals surface area contributed by atoms with E-state index < -0.39 is 5.97 Å². The van der Waals surface area contributed by atoms with Crippen molar-refractivity contribution >= 4 is 5.97 Å². The van der Waals surface area contributed by atoms with Crippen molar-refractivity contribution in [3.63, 3.8) is 0 Å². The molecule has 1 rings (SSSR count). The van der Waals surface area contributed by atoms with Gasteiger partial charge in [0.05, 0.1) is 6.54 Å². The first-order valence-corrected chi connectivity index (χ1v) is 6.17. The Bertz CT molecular complexity index is 406. The van der Waals surface area contributed by atoms with Gasteiger partial charge >= 0.3 is 5.97 Å². The van der Waals surface area contributed by atoms with Crippen molar-refractivity contribution in [1.29, 1.82) is 0 Å². The topological polar surface area (TPSA) is 60.8 Å². The zero-order chi connectivity index (χ0) is 13.7. The number of aliphatic carboxylic acids is 1. The van der Waals surface area contributed by atoms with Gasteiger partial charge in [-0.2, -0.15) is 0 Å². The van der Waals surface area contributed by atoms with Crippen molar-refractivity contribution in [2.45, 2.75) is 33.7 Å². The van der Waals surface area contributed by atoms with Gasteiger partial charge in [-0.25, -0.2) is 0 Å². The quantitative estimate of drug-likeness (QED) is 0.814. The van der Waals surface area contributed by atoms with Gasteiger partial charge in [-0.1, -0.05) is 19.1 Å². The first-order chi connectivity index (χ1) is 8.43. The first-order valence-electron chi connectivity index (χ1n) is 6.17. The number of hydrogen-bond acceptors (Lipinski definition) is 3. The number of phenolic OH excluding ortho intramolecular Hbond substituents is 1. The molecule has 0 saturated heterocycles. The summed E-state index contributed by atoms with van der Waals surface area (Å²) < 4.78 is 0. The largest absolute Gasteiger partial charge is 0.507 e. The third-order valence-electron chi connectivity index (χ3n) is 2.86. The lowest BCUT2D eigenvalue weighted by Gasteiger charge is -2.20. The van der Waals surface area contributed by atoms with Gasteiger partial charge in [0.25, 0.3) is 0 Å². The van der Waals surface area contributed by atoms with Crippen LogP contribution >= 0.6 is 0 Å². The van der Waals surface area contributed by atoms with E-state index >= 15 is 0 Å². The smallest absolute Gasteiger partial charge is 0.317 e. The Morgan fingerprint density at radius 3 is 2.28 bits per heavy atom. The molecule has 1 aromatic carbocycles. The van der Waals surface area contributed by atoms with Crippen LogP contribution in [0, 0.1) is 13.8 Å². The second kappa shape index (κ2) is 6.40. The molecule has 2 N–H and O–H groups in total. The summed E-state index contributed by atoms with van der Waals surface area (Å²) in [7, 11) is 0. The second-order valence-electron chi connectivity index (χ2n) is 4.68. The highest BCUT2D eigenvalue weighted by Crippen LogP contribution is 2.23. The van der Waals surface area contributed by atoms with E-state index in [2.05, 4.69) is 0 Å². The van der Waals surface area contributed by atoms with Gasteiger partial charge in [0.1, 0.15) is 5.75 Å². The number of nitrogens with zero attached hydrogens (tertiary/aromatic N) is 1. The van der Waals surface area contributed by atoms with Crippen LogP contribution in [0.4, 0.5) is 0 Å². The maximum Gasteiger partial charge on any atom is 0.317 e. The number of rotatable bonds is 6. The van der Waals surface area contributed by atoms with Gasteiger partial charge in [0, 0.05) is 6.54 Å². The maximum absolute atomic E-state index is 10.8. The van der Waals surface area contributed by atoms with Crippen LogP contribution in [0.5, 0.6) is 5.75 Å². The number of carbonyl (C=O) groups is 1. The maximum atomic E-state index is 10.8. The van der Waals surface area contributed by atoms with E-state index in [0.29, 0.717) is 12.3 Å². The molecule has 0 atom stereocenters. The highest BCUT2D eigenvalue weighted by molar-refractivity contribution is 5.69. The summed E-state index contributed by atoms with van der Waals surface area (Å²) in [5.41, 5.74) is 2.70. The molecular weight excluding hydrogens is 230 g/mol. The number of aryl methyl sites for hydroxylation is 2. The highest BCUT2D eigenvalue weighted by atomic mass is 16.4. The molecule has 4 nitrogen and oxygen atoms in total. The Morgan fingerprint density at radius 2 is 1.83 bits per heavy atom. The summed E-state index contributed by atoms with van der Waals surface area (Å²) in [6.45, 7) is 7.14. The Labute approximate surface area is 108 Å². The summed E-state index contributed by atoms with van der Waals surface area (Å²) in [5, 5.41) is 18.6. The second-order valence-corrected chi connectivity index (χ2v) is 4.68. The molecule has 0 aromatic heterocycles. The lowest BCUT2D eigenvalue weighted by molar-refractivity contribution is -0.138. The molecule has 0 bridgehead atoms. The van der Waals surface area contributed by atoms with E-state index in [1.165, 1.54) is 0 Å². The Hall–Kier alpha value is -1.55. The standard InChI is InChI=1S/C14H21NO3/c1-4-5-15(9-13(16)17)8-12-6-10(2)14(18)11(3)7-12/h6-7,18H,4-5,8-9H2,1-3H3,(H,16,17). The average Bonchev–Trinajstić information content (AvgIpc) is 2.25. The molecule has 100 valence electrons. The summed E-state index contributed by atoms with van der Waals surface area (Å²) in [5.74, 6) is -0.491. The molecule has 0 saturated carbocycles. The number of carboxylic acid groups (broad SMARTS) is 1. The van der Waals surface area contributed by atoms with Crippen LogP contribution in [0.25, 0.3) is 0 Å². The third-order valence-corrected chi connectivity index (χ3v) is 2.86. The summed E-state index contributed by atoms with van der Waals surface area (Å²) >= 11 is 0. The molecule has 4 heteroatoms. The van der Waals surface area contributed by atoms with Gasteiger partial charge in [0.2, 0.25) is 0 Å². The minimum Gasteiger partial charge on any atom is -0.507 e. The zero-order valence-electron chi connectivity index (χ0n) is 11.2. The fraction of sp³-hybridized carbons (Fsp3) is 0.500. The Morgan fingerprint density at radius 1 is 1.28 bits per heavy atom. The van der Waals surface area contributed by atoms with Gasteiger partial charge in [-0.15, -0.1) is 0 Å². The van der Waals surface area contributed by atoms with Crippen LogP contribution in [0.15, 0.2) is 12.1 Å². The number of carboxylic acids is 1. The van der Waals surface area contributed by atoms with E-state index in [-0.39, 0.29) is 6.54 Å². The molecule has 18 heavy (non-hydrogen) atoms. The van der Waals surface area contributed by atoms with Crippen LogP contribution in [0.1, 0.15) is 30.0 Å². The monoisotopic (exact) mass is 251 g/mol. The average molecular weight is 251 g/mol. The molecule has 0 aliphatic carbocycles. The zero-order valence-corrected chi connectivity index (χ0v) is 11.2. The lowest BCUT2D eigenvalue weighted by Crippen LogP contribution is -2.30. The predicted molar refractivity (Wildman–Crippen MR) is 70.8 cm³/mol. The summed E-state index contributed by atoms with van der Waals surface area (Å²) in [4.78, 5) is 12.7. The number of benzene rings is 1.